The van der Waals surface area contributed by atoms with Crippen molar-refractivity contribution in [3.05, 3.63) is 18.0 Å². The number of aromatic nitrogens is 2. The normalized spacial score (nSPS) is 12.9. The zero-order valence-electron chi connectivity index (χ0n) is 9.60. The molecule has 1 atom stereocenters. The monoisotopic (exact) mass is 209 g/mol. The van der Waals surface area contributed by atoms with Crippen LogP contribution in [-0.4, -0.2) is 16.1 Å². The molecule has 84 valence electrons. The first-order valence-electron chi connectivity index (χ1n) is 5.30. The Bertz CT molecular complexity index is 302. The second-order valence-electron chi connectivity index (χ2n) is 4.09. The van der Waals surface area contributed by atoms with Gasteiger partial charge in [0, 0.05) is 12.7 Å². The highest BCUT2D eigenvalue weighted by Crippen LogP contribution is 2.11. The Labute approximate surface area is 90.9 Å². The first-order valence-corrected chi connectivity index (χ1v) is 5.30. The summed E-state index contributed by atoms with van der Waals surface area (Å²) in [5, 5.41) is 0. The van der Waals surface area contributed by atoms with Crippen molar-refractivity contribution in [2.24, 2.45) is 11.7 Å². The fourth-order valence-electron chi connectivity index (χ4n) is 1.44. The van der Waals surface area contributed by atoms with E-state index in [9.17, 15) is 0 Å². The molecule has 1 rings (SSSR count). The van der Waals surface area contributed by atoms with E-state index in [1.54, 1.807) is 12.3 Å². The Morgan fingerprint density at radius 2 is 2.13 bits per heavy atom. The fraction of sp³-hybridized carbons (Fsp3) is 0.636. The van der Waals surface area contributed by atoms with Crippen molar-refractivity contribution in [1.82, 2.24) is 9.97 Å². The standard InChI is InChI=1S/C11H19N3O/c1-8(2)6-9(3)15-11-13-5-4-10(7-12)14-11/h4-5,8-9H,6-7,12H2,1-3H3. The summed E-state index contributed by atoms with van der Waals surface area (Å²) in [7, 11) is 0. The topological polar surface area (TPSA) is 61.0 Å². The van der Waals surface area contributed by atoms with Crippen molar-refractivity contribution < 1.29 is 4.74 Å². The predicted octanol–water partition coefficient (Wildman–Crippen LogP) is 1.75. The van der Waals surface area contributed by atoms with Crippen molar-refractivity contribution >= 4 is 0 Å². The minimum atomic E-state index is 0.137. The number of hydrogen-bond acceptors (Lipinski definition) is 4. The molecule has 0 bridgehead atoms. The average Bonchev–Trinajstić information content (AvgIpc) is 2.16. The Morgan fingerprint density at radius 1 is 1.40 bits per heavy atom. The summed E-state index contributed by atoms with van der Waals surface area (Å²) < 4.78 is 5.59. The van der Waals surface area contributed by atoms with Gasteiger partial charge in [-0.2, -0.15) is 4.98 Å². The maximum atomic E-state index is 5.59. The van der Waals surface area contributed by atoms with Gasteiger partial charge in [-0.05, 0) is 25.3 Å². The Balaban J connectivity index is 2.55. The van der Waals surface area contributed by atoms with Crippen LogP contribution in [0, 0.1) is 5.92 Å². The molecule has 0 spiro atoms. The predicted molar refractivity (Wildman–Crippen MR) is 59.5 cm³/mol. The molecule has 0 aliphatic carbocycles. The van der Waals surface area contributed by atoms with Crippen LogP contribution in [0.25, 0.3) is 0 Å². The highest BCUT2D eigenvalue weighted by atomic mass is 16.5. The lowest BCUT2D eigenvalue weighted by Gasteiger charge is -2.14. The molecule has 0 amide bonds. The molecule has 4 heteroatoms. The molecule has 0 saturated carbocycles. The fourth-order valence-corrected chi connectivity index (χ4v) is 1.44. The summed E-state index contributed by atoms with van der Waals surface area (Å²) in [5.74, 6) is 0.609. The van der Waals surface area contributed by atoms with Crippen LogP contribution < -0.4 is 10.5 Å². The van der Waals surface area contributed by atoms with Gasteiger partial charge < -0.3 is 10.5 Å². The van der Waals surface area contributed by atoms with Crippen LogP contribution in [0.3, 0.4) is 0 Å². The van der Waals surface area contributed by atoms with Gasteiger partial charge >= 0.3 is 6.01 Å². The van der Waals surface area contributed by atoms with E-state index in [4.69, 9.17) is 10.5 Å². The quantitative estimate of drug-likeness (QED) is 0.802. The molecule has 1 aromatic heterocycles. The van der Waals surface area contributed by atoms with Crippen LogP contribution >= 0.6 is 0 Å². The van der Waals surface area contributed by atoms with Crippen molar-refractivity contribution in [2.75, 3.05) is 0 Å². The molecular formula is C11H19N3O. The average molecular weight is 209 g/mol. The van der Waals surface area contributed by atoms with Crippen molar-refractivity contribution in [3.63, 3.8) is 0 Å². The molecule has 0 saturated heterocycles. The number of nitrogens with two attached hydrogens (primary N) is 1. The highest BCUT2D eigenvalue weighted by molar-refractivity contribution is 5.05. The van der Waals surface area contributed by atoms with E-state index in [0.717, 1.165) is 12.1 Å². The van der Waals surface area contributed by atoms with E-state index < -0.39 is 0 Å². The maximum Gasteiger partial charge on any atom is 0.316 e. The van der Waals surface area contributed by atoms with Crippen LogP contribution in [0.2, 0.25) is 0 Å². The second-order valence-corrected chi connectivity index (χ2v) is 4.09. The third-order valence-electron chi connectivity index (χ3n) is 2.01. The number of nitrogens with zero attached hydrogens (tertiary/aromatic N) is 2. The Hall–Kier alpha value is -1.16. The van der Waals surface area contributed by atoms with E-state index in [1.807, 2.05) is 6.92 Å². The SMILES string of the molecule is CC(C)CC(C)Oc1nccc(CN)n1. The van der Waals surface area contributed by atoms with Gasteiger partial charge in [0.1, 0.15) is 0 Å². The molecule has 1 unspecified atom stereocenters. The molecule has 0 aliphatic heterocycles. The number of ether oxygens (including phenoxy) is 1. The minimum absolute atomic E-state index is 0.137. The highest BCUT2D eigenvalue weighted by Gasteiger charge is 2.08. The molecule has 0 aliphatic rings. The van der Waals surface area contributed by atoms with Crippen LogP contribution in [0.4, 0.5) is 0 Å². The summed E-state index contributed by atoms with van der Waals surface area (Å²) in [4.78, 5) is 8.23. The second kappa shape index (κ2) is 5.66. The number of rotatable bonds is 5. The van der Waals surface area contributed by atoms with Gasteiger partial charge in [-0.25, -0.2) is 4.98 Å². The zero-order valence-corrected chi connectivity index (χ0v) is 9.60. The summed E-state index contributed by atoms with van der Waals surface area (Å²) in [6, 6.07) is 2.21. The molecular weight excluding hydrogens is 190 g/mol. The third-order valence-corrected chi connectivity index (χ3v) is 2.01. The molecule has 1 aromatic rings. The van der Waals surface area contributed by atoms with E-state index in [-0.39, 0.29) is 6.10 Å². The Morgan fingerprint density at radius 3 is 2.73 bits per heavy atom. The van der Waals surface area contributed by atoms with E-state index in [2.05, 4.69) is 23.8 Å². The lowest BCUT2D eigenvalue weighted by Crippen LogP contribution is -2.16. The minimum Gasteiger partial charge on any atom is -0.460 e. The molecule has 0 fully saturated rings. The van der Waals surface area contributed by atoms with E-state index >= 15 is 0 Å². The third kappa shape index (κ3) is 4.25. The summed E-state index contributed by atoms with van der Waals surface area (Å²) in [5.41, 5.74) is 6.29. The van der Waals surface area contributed by atoms with Gasteiger partial charge in [0.05, 0.1) is 11.8 Å². The molecule has 0 aromatic carbocycles. The molecule has 0 radical (unpaired) electrons. The molecule has 15 heavy (non-hydrogen) atoms. The first-order chi connectivity index (χ1) is 7.11. The van der Waals surface area contributed by atoms with Gasteiger partial charge in [-0.1, -0.05) is 13.8 Å². The lowest BCUT2D eigenvalue weighted by atomic mass is 10.1. The smallest absolute Gasteiger partial charge is 0.316 e. The van der Waals surface area contributed by atoms with Gasteiger partial charge in [-0.15, -0.1) is 0 Å². The van der Waals surface area contributed by atoms with E-state index in [1.165, 1.54) is 0 Å². The molecule has 4 nitrogen and oxygen atoms in total. The summed E-state index contributed by atoms with van der Waals surface area (Å²) >= 11 is 0. The summed E-state index contributed by atoms with van der Waals surface area (Å²) in [6.07, 6.45) is 2.81. The first kappa shape index (κ1) is 11.9. The largest absolute Gasteiger partial charge is 0.460 e. The Kier molecular flexibility index (Phi) is 4.49. The van der Waals surface area contributed by atoms with Crippen LogP contribution in [0.5, 0.6) is 6.01 Å². The van der Waals surface area contributed by atoms with Crippen molar-refractivity contribution in [3.8, 4) is 6.01 Å². The van der Waals surface area contributed by atoms with Gasteiger partial charge in [0.2, 0.25) is 0 Å². The number of hydrogen-bond donors (Lipinski definition) is 1. The van der Waals surface area contributed by atoms with Crippen molar-refractivity contribution in [2.45, 2.75) is 39.8 Å². The van der Waals surface area contributed by atoms with Gasteiger partial charge in [0.15, 0.2) is 0 Å². The van der Waals surface area contributed by atoms with Gasteiger partial charge in [0.25, 0.3) is 0 Å². The van der Waals surface area contributed by atoms with Gasteiger partial charge in [-0.3, -0.25) is 0 Å². The van der Waals surface area contributed by atoms with E-state index in [0.29, 0.717) is 18.5 Å². The van der Waals surface area contributed by atoms with Crippen LogP contribution in [0.15, 0.2) is 12.3 Å². The summed E-state index contributed by atoms with van der Waals surface area (Å²) in [6.45, 7) is 6.77. The van der Waals surface area contributed by atoms with Crippen LogP contribution in [0.1, 0.15) is 32.9 Å². The zero-order chi connectivity index (χ0) is 11.3. The molecule has 1 heterocycles. The maximum absolute atomic E-state index is 5.59. The van der Waals surface area contributed by atoms with Crippen LogP contribution in [-0.2, 0) is 6.54 Å². The lowest BCUT2D eigenvalue weighted by molar-refractivity contribution is 0.177. The molecule has 2 N–H and O–H groups in total. The van der Waals surface area contributed by atoms with Crippen molar-refractivity contribution in [1.29, 1.82) is 0 Å².